The third kappa shape index (κ3) is 2.87. The molecule has 13 heavy (non-hydrogen) atoms. The summed E-state index contributed by atoms with van der Waals surface area (Å²) in [5.74, 6) is -1.21. The minimum absolute atomic E-state index is 0.178. The summed E-state index contributed by atoms with van der Waals surface area (Å²) in [4.78, 5) is 30.5. The van der Waals surface area contributed by atoms with Crippen LogP contribution in [0.15, 0.2) is 17.5 Å². The zero-order valence-electron chi connectivity index (χ0n) is 6.98. The van der Waals surface area contributed by atoms with Crippen LogP contribution in [0, 0.1) is 0 Å². The molecule has 0 bridgehead atoms. The van der Waals surface area contributed by atoms with Crippen LogP contribution in [0.3, 0.4) is 0 Å². The van der Waals surface area contributed by atoms with Gasteiger partial charge in [-0.15, -0.1) is 11.3 Å². The van der Waals surface area contributed by atoms with Crippen LogP contribution in [-0.2, 0) is 14.6 Å². The van der Waals surface area contributed by atoms with Crippen LogP contribution in [-0.4, -0.2) is 11.9 Å². The standard InChI is InChI=1S/C8H8O4S/c1-2-7(9)11-12-8(10)6-4-3-5-13-6/h3-5H,2H2,1H3. The lowest BCUT2D eigenvalue weighted by Gasteiger charge is -1.98. The van der Waals surface area contributed by atoms with Crippen molar-refractivity contribution in [1.82, 2.24) is 0 Å². The highest BCUT2D eigenvalue weighted by molar-refractivity contribution is 7.11. The van der Waals surface area contributed by atoms with Gasteiger partial charge in [0.2, 0.25) is 0 Å². The number of carbonyl (C=O) groups is 2. The molecular formula is C8H8O4S. The molecule has 70 valence electrons. The smallest absolute Gasteiger partial charge is 0.247 e. The van der Waals surface area contributed by atoms with E-state index in [1.165, 1.54) is 11.3 Å². The molecule has 1 heterocycles. The fourth-order valence-electron chi connectivity index (χ4n) is 0.579. The second-order valence-electron chi connectivity index (χ2n) is 2.16. The molecule has 5 heteroatoms. The Morgan fingerprint density at radius 1 is 1.46 bits per heavy atom. The van der Waals surface area contributed by atoms with E-state index < -0.39 is 11.9 Å². The molecule has 0 N–H and O–H groups in total. The number of rotatable bonds is 2. The van der Waals surface area contributed by atoms with Crippen molar-refractivity contribution in [2.45, 2.75) is 13.3 Å². The molecule has 0 aromatic carbocycles. The molecule has 0 unspecified atom stereocenters. The van der Waals surface area contributed by atoms with Gasteiger partial charge in [-0.25, -0.2) is 19.4 Å². The highest BCUT2D eigenvalue weighted by Gasteiger charge is 2.11. The maximum Gasteiger partial charge on any atom is 0.396 e. The molecule has 0 saturated heterocycles. The lowest BCUT2D eigenvalue weighted by Crippen LogP contribution is -2.09. The van der Waals surface area contributed by atoms with Gasteiger partial charge in [-0.3, -0.25) is 0 Å². The largest absolute Gasteiger partial charge is 0.396 e. The average molecular weight is 200 g/mol. The minimum atomic E-state index is -0.642. The van der Waals surface area contributed by atoms with E-state index in [9.17, 15) is 9.59 Å². The molecule has 1 aromatic rings. The average Bonchev–Trinajstić information content (AvgIpc) is 2.66. The van der Waals surface area contributed by atoms with Gasteiger partial charge in [0.05, 0.1) is 0 Å². The molecule has 0 aliphatic carbocycles. The predicted octanol–water partition coefficient (Wildman–Crippen LogP) is 1.77. The highest BCUT2D eigenvalue weighted by Crippen LogP contribution is 2.09. The van der Waals surface area contributed by atoms with E-state index in [-0.39, 0.29) is 6.42 Å². The quantitative estimate of drug-likeness (QED) is 0.539. The number of thiophene rings is 1. The molecule has 0 atom stereocenters. The molecule has 1 aromatic heterocycles. The first-order valence-electron chi connectivity index (χ1n) is 3.69. The fourth-order valence-corrected chi connectivity index (χ4v) is 1.17. The maximum absolute atomic E-state index is 11.0. The van der Waals surface area contributed by atoms with E-state index in [1.54, 1.807) is 24.4 Å². The van der Waals surface area contributed by atoms with E-state index in [0.717, 1.165) is 0 Å². The van der Waals surface area contributed by atoms with Gasteiger partial charge in [-0.1, -0.05) is 13.0 Å². The first kappa shape index (κ1) is 9.73. The minimum Gasteiger partial charge on any atom is -0.247 e. The number of hydrogen-bond acceptors (Lipinski definition) is 5. The second kappa shape index (κ2) is 4.61. The van der Waals surface area contributed by atoms with E-state index in [2.05, 4.69) is 9.78 Å². The molecule has 0 radical (unpaired) electrons. The Morgan fingerprint density at radius 2 is 2.23 bits per heavy atom. The van der Waals surface area contributed by atoms with Crippen LogP contribution in [0.2, 0.25) is 0 Å². The lowest BCUT2D eigenvalue weighted by molar-refractivity contribution is -0.233. The summed E-state index contributed by atoms with van der Waals surface area (Å²) < 4.78 is 0. The molecule has 1 rings (SSSR count). The van der Waals surface area contributed by atoms with Crippen LogP contribution >= 0.6 is 11.3 Å². The van der Waals surface area contributed by atoms with Crippen molar-refractivity contribution in [2.24, 2.45) is 0 Å². The van der Waals surface area contributed by atoms with Crippen molar-refractivity contribution in [3.05, 3.63) is 22.4 Å². The van der Waals surface area contributed by atoms with Gasteiger partial charge >= 0.3 is 11.9 Å². The molecule has 0 amide bonds. The Morgan fingerprint density at radius 3 is 2.77 bits per heavy atom. The summed E-state index contributed by atoms with van der Waals surface area (Å²) >= 11 is 1.22. The van der Waals surface area contributed by atoms with Crippen LogP contribution in [0.25, 0.3) is 0 Å². The van der Waals surface area contributed by atoms with Gasteiger partial charge in [0.1, 0.15) is 4.88 Å². The molecule has 0 saturated carbocycles. The SMILES string of the molecule is CCC(=O)OOC(=O)c1cccs1. The molecule has 0 spiro atoms. The zero-order chi connectivity index (χ0) is 9.68. The summed E-state index contributed by atoms with van der Waals surface area (Å²) in [7, 11) is 0. The summed E-state index contributed by atoms with van der Waals surface area (Å²) in [5, 5.41) is 1.73. The maximum atomic E-state index is 11.0. The summed E-state index contributed by atoms with van der Waals surface area (Å²) in [6.07, 6.45) is 0.178. The van der Waals surface area contributed by atoms with E-state index in [4.69, 9.17) is 0 Å². The Labute approximate surface area is 79.0 Å². The van der Waals surface area contributed by atoms with Crippen LogP contribution < -0.4 is 0 Å². The van der Waals surface area contributed by atoms with Crippen LogP contribution in [0.4, 0.5) is 0 Å². The summed E-state index contributed by atoms with van der Waals surface area (Å²) in [6, 6.07) is 3.30. The molecule has 0 aliphatic heterocycles. The van der Waals surface area contributed by atoms with Gasteiger partial charge in [-0.2, -0.15) is 0 Å². The zero-order valence-corrected chi connectivity index (χ0v) is 7.80. The molecule has 4 nitrogen and oxygen atoms in total. The van der Waals surface area contributed by atoms with Gasteiger partial charge < -0.3 is 0 Å². The van der Waals surface area contributed by atoms with Crippen molar-refractivity contribution < 1.29 is 19.4 Å². The van der Waals surface area contributed by atoms with E-state index in [0.29, 0.717) is 4.88 Å². The van der Waals surface area contributed by atoms with Crippen LogP contribution in [0.5, 0.6) is 0 Å². The second-order valence-corrected chi connectivity index (χ2v) is 3.10. The van der Waals surface area contributed by atoms with Crippen molar-refractivity contribution in [1.29, 1.82) is 0 Å². The van der Waals surface area contributed by atoms with Gasteiger partial charge in [0, 0.05) is 6.42 Å². The Hall–Kier alpha value is -1.36. The van der Waals surface area contributed by atoms with Crippen molar-refractivity contribution >= 4 is 23.3 Å². The number of carbonyl (C=O) groups excluding carboxylic acids is 2. The lowest BCUT2D eigenvalue weighted by atomic mass is 10.5. The van der Waals surface area contributed by atoms with Gasteiger partial charge in [0.25, 0.3) is 0 Å². The topological polar surface area (TPSA) is 52.6 Å². The van der Waals surface area contributed by atoms with E-state index in [1.807, 2.05) is 0 Å². The predicted molar refractivity (Wildman–Crippen MR) is 46.1 cm³/mol. The number of hydrogen-bond donors (Lipinski definition) is 0. The Bertz CT molecular complexity index is 291. The van der Waals surface area contributed by atoms with Crippen molar-refractivity contribution in [3.63, 3.8) is 0 Å². The summed E-state index contributed by atoms with van der Waals surface area (Å²) in [5.41, 5.74) is 0. The van der Waals surface area contributed by atoms with Crippen LogP contribution in [0.1, 0.15) is 23.0 Å². The monoisotopic (exact) mass is 200 g/mol. The Balaban J connectivity index is 2.39. The van der Waals surface area contributed by atoms with Crippen molar-refractivity contribution in [2.75, 3.05) is 0 Å². The van der Waals surface area contributed by atoms with Crippen molar-refractivity contribution in [3.8, 4) is 0 Å². The van der Waals surface area contributed by atoms with Gasteiger partial charge in [0.15, 0.2) is 0 Å². The first-order valence-corrected chi connectivity index (χ1v) is 4.57. The molecule has 0 fully saturated rings. The molecular weight excluding hydrogens is 192 g/mol. The third-order valence-corrected chi connectivity index (χ3v) is 2.07. The van der Waals surface area contributed by atoms with E-state index >= 15 is 0 Å². The third-order valence-electron chi connectivity index (χ3n) is 1.22. The fraction of sp³-hybridized carbons (Fsp3) is 0.250. The highest BCUT2D eigenvalue weighted by atomic mass is 32.1. The Kier molecular flexibility index (Phi) is 3.45. The molecule has 0 aliphatic rings. The summed E-state index contributed by atoms with van der Waals surface area (Å²) in [6.45, 7) is 1.61. The van der Waals surface area contributed by atoms with Gasteiger partial charge in [-0.05, 0) is 11.4 Å². The first-order chi connectivity index (χ1) is 6.24. The normalized spacial score (nSPS) is 9.31.